The predicted molar refractivity (Wildman–Crippen MR) is 103 cm³/mol. The van der Waals surface area contributed by atoms with Crippen molar-refractivity contribution in [1.29, 1.82) is 0 Å². The van der Waals surface area contributed by atoms with E-state index in [2.05, 4.69) is 20.6 Å². The molecule has 0 saturated heterocycles. The predicted octanol–water partition coefficient (Wildman–Crippen LogP) is 3.26. The first-order chi connectivity index (χ1) is 12.8. The van der Waals surface area contributed by atoms with Crippen LogP contribution in [-0.4, -0.2) is 35.6 Å². The van der Waals surface area contributed by atoms with Gasteiger partial charge in [0.1, 0.15) is 17.0 Å². The van der Waals surface area contributed by atoms with Crippen LogP contribution in [0.15, 0.2) is 54.9 Å². The summed E-state index contributed by atoms with van der Waals surface area (Å²) in [5.74, 6) is 0.633. The minimum absolute atomic E-state index is 0.164. The van der Waals surface area contributed by atoms with Gasteiger partial charge in [0.2, 0.25) is 0 Å². The summed E-state index contributed by atoms with van der Waals surface area (Å²) in [7, 11) is 0. The molecule has 0 bridgehead atoms. The summed E-state index contributed by atoms with van der Waals surface area (Å²) < 4.78 is 5.87. The Morgan fingerprint density at radius 1 is 1.12 bits per heavy atom. The van der Waals surface area contributed by atoms with Crippen molar-refractivity contribution < 1.29 is 9.53 Å². The van der Waals surface area contributed by atoms with Crippen LogP contribution in [-0.2, 0) is 0 Å². The molecule has 0 spiro atoms. The Hall–Kier alpha value is -3.15. The Labute approximate surface area is 152 Å². The fourth-order valence-electron chi connectivity index (χ4n) is 2.60. The Balaban J connectivity index is 1.48. The summed E-state index contributed by atoms with van der Waals surface area (Å²) in [5.41, 5.74) is 2.16. The smallest absolute Gasteiger partial charge is 0.269 e. The van der Waals surface area contributed by atoms with Crippen molar-refractivity contribution in [2.45, 2.75) is 13.3 Å². The Bertz CT molecular complexity index is 877. The number of hydrogen-bond donors (Lipinski definition) is 2. The first kappa shape index (κ1) is 17.7. The maximum Gasteiger partial charge on any atom is 0.269 e. The highest BCUT2D eigenvalue weighted by molar-refractivity contribution is 5.93. The summed E-state index contributed by atoms with van der Waals surface area (Å²) in [6.07, 6.45) is 4.22. The van der Waals surface area contributed by atoms with Crippen LogP contribution in [0.5, 0.6) is 5.75 Å². The van der Waals surface area contributed by atoms with Gasteiger partial charge in [-0.15, -0.1) is 0 Å². The SMILES string of the molecule is CCNC(=O)c1cc(NCCCOc2cccc3cccnc23)ccn1. The molecule has 0 radical (unpaired) electrons. The lowest BCUT2D eigenvalue weighted by atomic mass is 10.2. The molecule has 3 aromatic rings. The number of rotatable bonds is 8. The van der Waals surface area contributed by atoms with Crippen LogP contribution < -0.4 is 15.4 Å². The molecule has 1 amide bonds. The molecule has 3 rings (SSSR count). The van der Waals surface area contributed by atoms with E-state index in [4.69, 9.17) is 4.74 Å². The zero-order chi connectivity index (χ0) is 18.2. The van der Waals surface area contributed by atoms with Gasteiger partial charge in [-0.2, -0.15) is 0 Å². The van der Waals surface area contributed by atoms with Gasteiger partial charge in [0.25, 0.3) is 5.91 Å². The molecule has 2 aromatic heterocycles. The number of nitrogens with one attached hydrogen (secondary N) is 2. The van der Waals surface area contributed by atoms with Gasteiger partial charge in [0.05, 0.1) is 6.61 Å². The van der Waals surface area contributed by atoms with Crippen LogP contribution in [0, 0.1) is 0 Å². The number of ether oxygens (including phenoxy) is 1. The highest BCUT2D eigenvalue weighted by Gasteiger charge is 2.06. The monoisotopic (exact) mass is 350 g/mol. The second-order valence-corrected chi connectivity index (χ2v) is 5.75. The van der Waals surface area contributed by atoms with E-state index in [1.165, 1.54) is 0 Å². The number of fused-ring (bicyclic) bond motifs is 1. The maximum absolute atomic E-state index is 11.8. The van der Waals surface area contributed by atoms with E-state index in [9.17, 15) is 4.79 Å². The second-order valence-electron chi connectivity index (χ2n) is 5.75. The van der Waals surface area contributed by atoms with E-state index in [0.29, 0.717) is 18.8 Å². The molecular weight excluding hydrogens is 328 g/mol. The standard InChI is InChI=1S/C20H22N4O2/c1-2-21-20(25)17-14-16(9-12-23-17)22-11-5-13-26-18-8-3-6-15-7-4-10-24-19(15)18/h3-4,6-10,12,14H,2,5,11,13H2,1H3,(H,21,25)(H,22,23). The lowest BCUT2D eigenvalue weighted by molar-refractivity contribution is 0.0951. The molecule has 2 N–H and O–H groups in total. The lowest BCUT2D eigenvalue weighted by Gasteiger charge is -2.10. The third-order valence-electron chi connectivity index (χ3n) is 3.83. The van der Waals surface area contributed by atoms with Crippen molar-refractivity contribution in [3.8, 4) is 5.75 Å². The van der Waals surface area contributed by atoms with Gasteiger partial charge in [-0.1, -0.05) is 18.2 Å². The number of para-hydroxylation sites is 1. The largest absolute Gasteiger partial charge is 0.491 e. The maximum atomic E-state index is 11.8. The van der Waals surface area contributed by atoms with Gasteiger partial charge in [0.15, 0.2) is 0 Å². The number of benzene rings is 1. The fourth-order valence-corrected chi connectivity index (χ4v) is 2.60. The molecule has 0 atom stereocenters. The molecule has 26 heavy (non-hydrogen) atoms. The molecule has 6 nitrogen and oxygen atoms in total. The second kappa shape index (κ2) is 8.80. The molecule has 0 aliphatic carbocycles. The van der Waals surface area contributed by atoms with Crippen molar-refractivity contribution in [2.24, 2.45) is 0 Å². The van der Waals surface area contributed by atoms with E-state index in [-0.39, 0.29) is 5.91 Å². The fraction of sp³-hybridized carbons (Fsp3) is 0.250. The molecule has 0 aliphatic rings. The first-order valence-corrected chi connectivity index (χ1v) is 8.72. The van der Waals surface area contributed by atoms with E-state index in [1.807, 2.05) is 43.3 Å². The van der Waals surface area contributed by atoms with Crippen molar-refractivity contribution in [2.75, 3.05) is 25.0 Å². The highest BCUT2D eigenvalue weighted by Crippen LogP contribution is 2.22. The van der Waals surface area contributed by atoms with Crippen LogP contribution in [0.3, 0.4) is 0 Å². The van der Waals surface area contributed by atoms with Crippen LogP contribution in [0.1, 0.15) is 23.8 Å². The zero-order valence-corrected chi connectivity index (χ0v) is 14.7. The normalized spacial score (nSPS) is 10.5. The van der Waals surface area contributed by atoms with Crippen LogP contribution >= 0.6 is 0 Å². The molecule has 6 heteroatoms. The van der Waals surface area contributed by atoms with Crippen molar-refractivity contribution in [3.63, 3.8) is 0 Å². The van der Waals surface area contributed by atoms with Crippen LogP contribution in [0.2, 0.25) is 0 Å². The van der Waals surface area contributed by atoms with Gasteiger partial charge in [-0.05, 0) is 37.6 Å². The molecule has 134 valence electrons. The average molecular weight is 350 g/mol. The number of aromatic nitrogens is 2. The third kappa shape index (κ3) is 4.47. The molecule has 2 heterocycles. The number of pyridine rings is 2. The number of carbonyl (C=O) groups excluding carboxylic acids is 1. The molecule has 0 fully saturated rings. The van der Waals surface area contributed by atoms with Crippen molar-refractivity contribution in [1.82, 2.24) is 15.3 Å². The summed E-state index contributed by atoms with van der Waals surface area (Å²) in [4.78, 5) is 20.3. The van der Waals surface area contributed by atoms with Gasteiger partial charge >= 0.3 is 0 Å². The minimum Gasteiger partial charge on any atom is -0.491 e. The number of carbonyl (C=O) groups is 1. The molecule has 1 aromatic carbocycles. The summed E-state index contributed by atoms with van der Waals surface area (Å²) in [5, 5.41) is 7.10. The first-order valence-electron chi connectivity index (χ1n) is 8.72. The van der Waals surface area contributed by atoms with E-state index in [1.54, 1.807) is 18.5 Å². The summed E-state index contributed by atoms with van der Waals surface area (Å²) in [6.45, 7) is 3.78. The number of nitrogens with zero attached hydrogens (tertiary/aromatic N) is 2. The molecule has 0 unspecified atom stereocenters. The topological polar surface area (TPSA) is 76.1 Å². The minimum atomic E-state index is -0.164. The summed E-state index contributed by atoms with van der Waals surface area (Å²) >= 11 is 0. The number of hydrogen-bond acceptors (Lipinski definition) is 5. The average Bonchev–Trinajstić information content (AvgIpc) is 2.68. The molecular formula is C20H22N4O2. The van der Waals surface area contributed by atoms with Crippen molar-refractivity contribution >= 4 is 22.5 Å². The Kier molecular flexibility index (Phi) is 5.98. The zero-order valence-electron chi connectivity index (χ0n) is 14.7. The van der Waals surface area contributed by atoms with E-state index in [0.717, 1.165) is 35.3 Å². The van der Waals surface area contributed by atoms with Gasteiger partial charge < -0.3 is 15.4 Å². The number of anilines is 1. The van der Waals surface area contributed by atoms with Gasteiger partial charge in [-0.3, -0.25) is 14.8 Å². The highest BCUT2D eigenvalue weighted by atomic mass is 16.5. The van der Waals surface area contributed by atoms with E-state index < -0.39 is 0 Å². The summed E-state index contributed by atoms with van der Waals surface area (Å²) in [6, 6.07) is 13.5. The molecule has 0 saturated carbocycles. The molecule has 0 aliphatic heterocycles. The Morgan fingerprint density at radius 2 is 2.00 bits per heavy atom. The van der Waals surface area contributed by atoms with Crippen LogP contribution in [0.25, 0.3) is 10.9 Å². The Morgan fingerprint density at radius 3 is 2.88 bits per heavy atom. The lowest BCUT2D eigenvalue weighted by Crippen LogP contribution is -2.23. The quantitative estimate of drug-likeness (QED) is 0.610. The van der Waals surface area contributed by atoms with Gasteiger partial charge in [-0.25, -0.2) is 0 Å². The third-order valence-corrected chi connectivity index (χ3v) is 3.83. The van der Waals surface area contributed by atoms with Crippen molar-refractivity contribution in [3.05, 3.63) is 60.6 Å². The van der Waals surface area contributed by atoms with Crippen LogP contribution in [0.4, 0.5) is 5.69 Å². The van der Waals surface area contributed by atoms with E-state index >= 15 is 0 Å². The van der Waals surface area contributed by atoms with Gasteiger partial charge in [0, 0.05) is 36.6 Å². The number of amides is 1.